The van der Waals surface area contributed by atoms with Crippen molar-refractivity contribution in [3.63, 3.8) is 0 Å². The van der Waals surface area contributed by atoms with E-state index in [9.17, 15) is 4.79 Å². The summed E-state index contributed by atoms with van der Waals surface area (Å²) in [5.41, 5.74) is 5.32. The third-order valence-electron chi connectivity index (χ3n) is 4.64. The van der Waals surface area contributed by atoms with Crippen LogP contribution in [-0.2, 0) is 0 Å². The van der Waals surface area contributed by atoms with Gasteiger partial charge in [-0.25, -0.2) is 9.98 Å². The summed E-state index contributed by atoms with van der Waals surface area (Å²) in [6.45, 7) is 1.97. The molecule has 0 spiro atoms. The minimum absolute atomic E-state index is 0.0217. The van der Waals surface area contributed by atoms with Crippen LogP contribution in [0, 0.1) is 6.92 Å². The van der Waals surface area contributed by atoms with Crippen molar-refractivity contribution in [2.24, 2.45) is 9.98 Å². The fourth-order valence-electron chi connectivity index (χ4n) is 3.32. The van der Waals surface area contributed by atoms with Gasteiger partial charge in [-0.15, -0.1) is 0 Å². The first-order valence-corrected chi connectivity index (χ1v) is 8.39. The molecule has 5 nitrogen and oxygen atoms in total. The van der Waals surface area contributed by atoms with E-state index in [1.54, 1.807) is 7.11 Å². The molecule has 0 fully saturated rings. The second-order valence-corrected chi connectivity index (χ2v) is 6.55. The van der Waals surface area contributed by atoms with Crippen LogP contribution in [0.15, 0.2) is 58.1 Å². The summed E-state index contributed by atoms with van der Waals surface area (Å²) in [5, 5.41) is 0. The van der Waals surface area contributed by atoms with Crippen LogP contribution in [0.3, 0.4) is 0 Å². The Morgan fingerprint density at radius 1 is 0.962 bits per heavy atom. The first-order valence-electron chi connectivity index (χ1n) is 8.39. The molecule has 0 aromatic heterocycles. The molecule has 0 unspecified atom stereocenters. The van der Waals surface area contributed by atoms with E-state index in [1.807, 2.05) is 68.4 Å². The average molecular weight is 345 g/mol. The van der Waals surface area contributed by atoms with Gasteiger partial charge in [0.15, 0.2) is 5.78 Å². The minimum Gasteiger partial charge on any atom is -0.497 e. The van der Waals surface area contributed by atoms with Crippen LogP contribution in [0.4, 0.5) is 0 Å². The Kier molecular flexibility index (Phi) is 3.72. The Balaban J connectivity index is 2.00. The number of guanidine groups is 1. The van der Waals surface area contributed by atoms with E-state index in [0.717, 1.165) is 28.2 Å². The predicted molar refractivity (Wildman–Crippen MR) is 103 cm³/mol. The third-order valence-corrected chi connectivity index (χ3v) is 4.64. The number of hydrogen-bond donors (Lipinski definition) is 0. The lowest BCUT2D eigenvalue weighted by Crippen LogP contribution is -2.20. The fraction of sp³-hybridized carbons (Fsp3) is 0.190. The van der Waals surface area contributed by atoms with E-state index in [2.05, 4.69) is 9.98 Å². The molecule has 1 aliphatic heterocycles. The number of ether oxygens (including phenoxy) is 1. The molecule has 130 valence electrons. The standard InChI is InChI=1S/C21H19N3O2/c1-12-11-13(26-4)9-10-14(12)17-19-18(22-21(23-19)24(2)3)15-7-5-6-8-16(15)20(17)25/h5-11H,1-4H3. The van der Waals surface area contributed by atoms with Gasteiger partial charge in [-0.05, 0) is 30.2 Å². The molecule has 2 aliphatic rings. The lowest BCUT2D eigenvalue weighted by molar-refractivity contribution is 0.105. The van der Waals surface area contributed by atoms with E-state index in [1.165, 1.54) is 0 Å². The van der Waals surface area contributed by atoms with Gasteiger partial charge >= 0.3 is 0 Å². The maximum absolute atomic E-state index is 13.3. The first-order chi connectivity index (χ1) is 12.5. The number of aliphatic imine (C=N–C) groups is 2. The van der Waals surface area contributed by atoms with Crippen molar-refractivity contribution in [3.05, 3.63) is 70.4 Å². The molecule has 0 atom stereocenters. The normalized spacial score (nSPS) is 15.3. The van der Waals surface area contributed by atoms with E-state index < -0.39 is 0 Å². The first kappa shape index (κ1) is 16.3. The Labute approximate surface area is 152 Å². The molecule has 26 heavy (non-hydrogen) atoms. The van der Waals surface area contributed by atoms with Gasteiger partial charge in [-0.1, -0.05) is 30.3 Å². The Bertz CT molecular complexity index is 1030. The van der Waals surface area contributed by atoms with Gasteiger partial charge in [0.2, 0.25) is 5.96 Å². The maximum atomic E-state index is 13.3. The van der Waals surface area contributed by atoms with Gasteiger partial charge in [0, 0.05) is 25.2 Å². The van der Waals surface area contributed by atoms with Gasteiger partial charge in [0.1, 0.15) is 17.2 Å². The number of ketones is 1. The van der Waals surface area contributed by atoms with Crippen LogP contribution in [-0.4, -0.2) is 43.6 Å². The summed E-state index contributed by atoms with van der Waals surface area (Å²) in [4.78, 5) is 24.5. The highest BCUT2D eigenvalue weighted by Crippen LogP contribution is 2.37. The van der Waals surface area contributed by atoms with E-state index >= 15 is 0 Å². The number of nitrogens with zero attached hydrogens (tertiary/aromatic N) is 3. The van der Waals surface area contributed by atoms with Crippen LogP contribution in [0.25, 0.3) is 5.57 Å². The molecule has 0 saturated carbocycles. The average Bonchev–Trinajstić information content (AvgIpc) is 3.08. The lowest BCUT2D eigenvalue weighted by Gasteiger charge is -2.20. The molecular weight excluding hydrogens is 326 g/mol. The van der Waals surface area contributed by atoms with Gasteiger partial charge in [-0.2, -0.15) is 0 Å². The topological polar surface area (TPSA) is 54.3 Å². The van der Waals surface area contributed by atoms with Crippen molar-refractivity contribution in [1.82, 2.24) is 4.90 Å². The molecule has 0 saturated heterocycles. The largest absolute Gasteiger partial charge is 0.497 e. The Hall–Kier alpha value is -3.21. The van der Waals surface area contributed by atoms with Crippen LogP contribution >= 0.6 is 0 Å². The molecule has 4 rings (SSSR count). The Morgan fingerprint density at radius 2 is 1.69 bits per heavy atom. The molecule has 1 heterocycles. The molecule has 0 amide bonds. The monoisotopic (exact) mass is 345 g/mol. The van der Waals surface area contributed by atoms with Crippen molar-refractivity contribution < 1.29 is 9.53 Å². The maximum Gasteiger partial charge on any atom is 0.226 e. The van der Waals surface area contributed by atoms with Gasteiger partial charge in [-0.3, -0.25) is 4.79 Å². The second kappa shape index (κ2) is 5.95. The zero-order chi connectivity index (χ0) is 18.4. The third kappa shape index (κ3) is 2.36. The molecule has 0 N–H and O–H groups in total. The summed E-state index contributed by atoms with van der Waals surface area (Å²) in [6, 6.07) is 13.3. The number of carbonyl (C=O) groups is 1. The van der Waals surface area contributed by atoms with Crippen LogP contribution < -0.4 is 4.74 Å². The number of carbonyl (C=O) groups excluding carboxylic acids is 1. The van der Waals surface area contributed by atoms with Gasteiger partial charge in [0.05, 0.1) is 12.7 Å². The number of fused-ring (bicyclic) bond motifs is 3. The zero-order valence-electron chi connectivity index (χ0n) is 15.2. The highest BCUT2D eigenvalue weighted by Gasteiger charge is 2.35. The SMILES string of the molecule is COc1ccc(C2=C3N=C(N(C)C)N=C3c3ccccc3C2=O)c(C)c1. The van der Waals surface area contributed by atoms with Gasteiger partial charge < -0.3 is 9.64 Å². The summed E-state index contributed by atoms with van der Waals surface area (Å²) >= 11 is 0. The quantitative estimate of drug-likeness (QED) is 0.839. The fourth-order valence-corrected chi connectivity index (χ4v) is 3.32. The number of methoxy groups -OCH3 is 1. The van der Waals surface area contributed by atoms with E-state index in [-0.39, 0.29) is 5.78 Å². The smallest absolute Gasteiger partial charge is 0.226 e. The van der Waals surface area contributed by atoms with Crippen LogP contribution in [0.1, 0.15) is 27.0 Å². The number of aryl methyl sites for hydroxylation is 1. The van der Waals surface area contributed by atoms with Crippen molar-refractivity contribution in [2.75, 3.05) is 21.2 Å². The minimum atomic E-state index is -0.0217. The summed E-state index contributed by atoms with van der Waals surface area (Å²) in [6.07, 6.45) is 0. The lowest BCUT2D eigenvalue weighted by atomic mass is 9.82. The molecular formula is C21H19N3O2. The number of allylic oxidation sites excluding steroid dienone is 2. The van der Waals surface area contributed by atoms with E-state index in [4.69, 9.17) is 4.74 Å². The van der Waals surface area contributed by atoms with Gasteiger partial charge in [0.25, 0.3) is 0 Å². The molecule has 1 aliphatic carbocycles. The molecule has 0 bridgehead atoms. The highest BCUT2D eigenvalue weighted by molar-refractivity contribution is 6.43. The van der Waals surface area contributed by atoms with Crippen molar-refractivity contribution in [3.8, 4) is 5.75 Å². The van der Waals surface area contributed by atoms with Crippen LogP contribution in [0.5, 0.6) is 5.75 Å². The van der Waals surface area contributed by atoms with E-state index in [0.29, 0.717) is 22.8 Å². The molecule has 0 radical (unpaired) electrons. The summed E-state index contributed by atoms with van der Waals surface area (Å²) in [5.74, 6) is 1.34. The molecule has 2 aromatic rings. The second-order valence-electron chi connectivity index (χ2n) is 6.55. The number of Topliss-reactive ketones (excluding diaryl/α,β-unsaturated/α-hetero) is 1. The number of rotatable bonds is 2. The highest BCUT2D eigenvalue weighted by atomic mass is 16.5. The molecule has 2 aromatic carbocycles. The van der Waals surface area contributed by atoms with Crippen molar-refractivity contribution in [2.45, 2.75) is 6.92 Å². The van der Waals surface area contributed by atoms with Crippen molar-refractivity contribution >= 4 is 23.0 Å². The van der Waals surface area contributed by atoms with Crippen molar-refractivity contribution in [1.29, 1.82) is 0 Å². The van der Waals surface area contributed by atoms with Crippen LogP contribution in [0.2, 0.25) is 0 Å². The summed E-state index contributed by atoms with van der Waals surface area (Å²) in [7, 11) is 5.42. The Morgan fingerprint density at radius 3 is 2.35 bits per heavy atom. The predicted octanol–water partition coefficient (Wildman–Crippen LogP) is 3.33. The number of hydrogen-bond acceptors (Lipinski definition) is 5. The zero-order valence-corrected chi connectivity index (χ0v) is 15.2. The molecule has 5 heteroatoms. The summed E-state index contributed by atoms with van der Waals surface area (Å²) < 4.78 is 5.30. The number of benzene rings is 2.